The van der Waals surface area contributed by atoms with Crippen LogP contribution in [0.1, 0.15) is 36.8 Å². The highest BCUT2D eigenvalue weighted by Crippen LogP contribution is 2.21. The molecule has 0 aromatic heterocycles. The van der Waals surface area contributed by atoms with Crippen LogP contribution in [0.2, 0.25) is 0 Å². The zero-order chi connectivity index (χ0) is 22.1. The molecule has 3 rings (SSSR count). The van der Waals surface area contributed by atoms with Gasteiger partial charge in [0.15, 0.2) is 5.96 Å². The second kappa shape index (κ2) is 13.0. The van der Waals surface area contributed by atoms with Crippen molar-refractivity contribution in [2.45, 2.75) is 38.6 Å². The van der Waals surface area contributed by atoms with Crippen molar-refractivity contribution >= 4 is 47.2 Å². The molecule has 0 saturated carbocycles. The molecule has 1 fully saturated rings. The number of nitro groups is 1. The second-order valence-corrected chi connectivity index (χ2v) is 7.55. The SMILES string of the molecule is CN=C(NCCCCc1ccc([N+](=O)[O-])cc1)NCc1ccc(N2CCCC2=O)cc1.I. The topological polar surface area (TPSA) is 99.9 Å². The third-order valence-corrected chi connectivity index (χ3v) is 5.34. The van der Waals surface area contributed by atoms with Crippen LogP contribution in [0.15, 0.2) is 53.5 Å². The van der Waals surface area contributed by atoms with Crippen LogP contribution in [0, 0.1) is 10.1 Å². The lowest BCUT2D eigenvalue weighted by molar-refractivity contribution is -0.384. The van der Waals surface area contributed by atoms with Crippen LogP contribution >= 0.6 is 24.0 Å². The number of aryl methyl sites for hydroxylation is 1. The Hall–Kier alpha value is -2.69. The van der Waals surface area contributed by atoms with Gasteiger partial charge >= 0.3 is 0 Å². The third-order valence-electron chi connectivity index (χ3n) is 5.34. The number of carbonyl (C=O) groups excluding carboxylic acids is 1. The smallest absolute Gasteiger partial charge is 0.269 e. The highest BCUT2D eigenvalue weighted by molar-refractivity contribution is 14.0. The fraction of sp³-hybridized carbons (Fsp3) is 0.391. The fourth-order valence-electron chi connectivity index (χ4n) is 3.57. The molecule has 0 atom stereocenters. The predicted molar refractivity (Wildman–Crippen MR) is 138 cm³/mol. The van der Waals surface area contributed by atoms with Gasteiger partial charge in [-0.25, -0.2) is 0 Å². The summed E-state index contributed by atoms with van der Waals surface area (Å²) in [6.07, 6.45) is 4.41. The first-order valence-corrected chi connectivity index (χ1v) is 10.6. The van der Waals surface area contributed by atoms with Gasteiger partial charge < -0.3 is 15.5 Å². The van der Waals surface area contributed by atoms with E-state index >= 15 is 0 Å². The Kier molecular flexibility index (Phi) is 10.4. The van der Waals surface area contributed by atoms with E-state index in [1.165, 1.54) is 0 Å². The van der Waals surface area contributed by atoms with Crippen molar-refractivity contribution in [2.75, 3.05) is 25.0 Å². The van der Waals surface area contributed by atoms with Crippen LogP contribution in [-0.4, -0.2) is 36.9 Å². The summed E-state index contributed by atoms with van der Waals surface area (Å²) in [4.78, 5) is 28.3. The van der Waals surface area contributed by atoms with Gasteiger partial charge in [0.05, 0.1) is 4.92 Å². The van der Waals surface area contributed by atoms with Crippen LogP contribution in [0.25, 0.3) is 0 Å². The van der Waals surface area contributed by atoms with Crippen molar-refractivity contribution in [3.8, 4) is 0 Å². The maximum absolute atomic E-state index is 11.8. The van der Waals surface area contributed by atoms with Crippen LogP contribution in [0.5, 0.6) is 0 Å². The highest BCUT2D eigenvalue weighted by atomic mass is 127. The molecule has 2 N–H and O–H groups in total. The Labute approximate surface area is 205 Å². The Morgan fingerprint density at radius 1 is 1.06 bits per heavy atom. The quantitative estimate of drug-likeness (QED) is 0.123. The van der Waals surface area contributed by atoms with Crippen LogP contribution in [0.3, 0.4) is 0 Å². The van der Waals surface area contributed by atoms with E-state index < -0.39 is 0 Å². The lowest BCUT2D eigenvalue weighted by Crippen LogP contribution is -2.37. The number of anilines is 1. The molecule has 32 heavy (non-hydrogen) atoms. The maximum Gasteiger partial charge on any atom is 0.269 e. The van der Waals surface area contributed by atoms with Crippen LogP contribution in [-0.2, 0) is 17.8 Å². The van der Waals surface area contributed by atoms with Crippen molar-refractivity contribution in [1.82, 2.24) is 10.6 Å². The minimum Gasteiger partial charge on any atom is -0.356 e. The van der Waals surface area contributed by atoms with Crippen molar-refractivity contribution in [3.63, 3.8) is 0 Å². The molecule has 0 aliphatic carbocycles. The second-order valence-electron chi connectivity index (χ2n) is 7.55. The maximum atomic E-state index is 11.8. The molecule has 8 nitrogen and oxygen atoms in total. The van der Waals surface area contributed by atoms with Crippen molar-refractivity contribution in [3.05, 3.63) is 69.8 Å². The van der Waals surface area contributed by atoms with E-state index in [0.717, 1.165) is 61.5 Å². The molecule has 172 valence electrons. The molecule has 2 aromatic rings. The summed E-state index contributed by atoms with van der Waals surface area (Å²) in [5.74, 6) is 0.943. The van der Waals surface area contributed by atoms with E-state index in [0.29, 0.717) is 13.0 Å². The number of benzene rings is 2. The first-order valence-electron chi connectivity index (χ1n) is 10.6. The van der Waals surface area contributed by atoms with E-state index in [1.807, 2.05) is 41.3 Å². The minimum atomic E-state index is -0.380. The molecule has 0 spiro atoms. The number of unbranched alkanes of at least 4 members (excludes halogenated alkanes) is 1. The molecule has 0 bridgehead atoms. The Morgan fingerprint density at radius 2 is 1.75 bits per heavy atom. The van der Waals surface area contributed by atoms with E-state index in [1.54, 1.807) is 19.2 Å². The number of hydrogen-bond acceptors (Lipinski definition) is 4. The molecule has 0 unspecified atom stereocenters. The molecule has 1 heterocycles. The predicted octanol–water partition coefficient (Wildman–Crippen LogP) is 4.03. The molecule has 0 radical (unpaired) electrons. The van der Waals surface area contributed by atoms with Gasteiger partial charge in [0.2, 0.25) is 5.91 Å². The van der Waals surface area contributed by atoms with E-state index in [4.69, 9.17) is 0 Å². The number of non-ortho nitro benzene ring substituents is 1. The molecule has 1 saturated heterocycles. The summed E-state index contributed by atoms with van der Waals surface area (Å²) < 4.78 is 0. The number of halogens is 1. The summed E-state index contributed by atoms with van der Waals surface area (Å²) >= 11 is 0. The third kappa shape index (κ3) is 7.47. The van der Waals surface area contributed by atoms with Gasteiger partial charge in [-0.05, 0) is 48.9 Å². The number of hydrogen-bond donors (Lipinski definition) is 2. The van der Waals surface area contributed by atoms with Gasteiger partial charge in [-0.15, -0.1) is 24.0 Å². The summed E-state index contributed by atoms with van der Waals surface area (Å²) in [5.41, 5.74) is 3.31. The summed E-state index contributed by atoms with van der Waals surface area (Å²) in [6.45, 7) is 2.25. The zero-order valence-corrected chi connectivity index (χ0v) is 20.6. The minimum absolute atomic E-state index is 0. The van der Waals surface area contributed by atoms with Crippen molar-refractivity contribution < 1.29 is 9.72 Å². The van der Waals surface area contributed by atoms with Crippen LogP contribution in [0.4, 0.5) is 11.4 Å². The lowest BCUT2D eigenvalue weighted by atomic mass is 10.1. The monoisotopic (exact) mass is 551 g/mol. The highest BCUT2D eigenvalue weighted by Gasteiger charge is 2.21. The number of aliphatic imine (C=N–C) groups is 1. The van der Waals surface area contributed by atoms with Crippen molar-refractivity contribution in [2.24, 2.45) is 4.99 Å². The molecule has 1 amide bonds. The molecular weight excluding hydrogens is 521 g/mol. The number of nitrogens with zero attached hydrogens (tertiary/aromatic N) is 3. The average Bonchev–Trinajstić information content (AvgIpc) is 3.22. The standard InChI is InChI=1S/C23H29N5O3.HI/c1-24-23(25-15-3-2-5-18-7-13-21(14-8-18)28(30)31)26-17-19-9-11-20(12-10-19)27-16-4-6-22(27)29;/h7-14H,2-6,15-17H2,1H3,(H2,24,25,26);1H. The molecule has 9 heteroatoms. The number of guanidine groups is 1. The number of carbonyl (C=O) groups is 1. The number of rotatable bonds is 9. The Balaban J connectivity index is 0.00000363. The zero-order valence-electron chi connectivity index (χ0n) is 18.3. The number of nitro benzene ring substituents is 1. The first kappa shape index (κ1) is 25.6. The molecule has 1 aliphatic heterocycles. The summed E-state index contributed by atoms with van der Waals surface area (Å²) in [6, 6.07) is 14.8. The number of amides is 1. The first-order chi connectivity index (χ1) is 15.1. The Morgan fingerprint density at radius 3 is 2.34 bits per heavy atom. The van der Waals surface area contributed by atoms with Gasteiger partial charge in [0.1, 0.15) is 0 Å². The van der Waals surface area contributed by atoms with Crippen molar-refractivity contribution in [1.29, 1.82) is 0 Å². The summed E-state index contributed by atoms with van der Waals surface area (Å²) in [7, 11) is 1.74. The van der Waals surface area contributed by atoms with Gasteiger partial charge in [0.25, 0.3) is 5.69 Å². The lowest BCUT2D eigenvalue weighted by Gasteiger charge is -2.16. The molecule has 1 aliphatic rings. The molecule has 2 aromatic carbocycles. The molecular formula is C23H30IN5O3. The van der Waals surface area contributed by atoms with Gasteiger partial charge in [-0.3, -0.25) is 19.9 Å². The Bertz CT molecular complexity index is 916. The van der Waals surface area contributed by atoms with E-state index in [-0.39, 0.29) is 40.5 Å². The average molecular weight is 551 g/mol. The van der Waals surface area contributed by atoms with Gasteiger partial charge in [-0.2, -0.15) is 0 Å². The fourth-order valence-corrected chi connectivity index (χ4v) is 3.57. The number of nitrogens with one attached hydrogen (secondary N) is 2. The largest absolute Gasteiger partial charge is 0.356 e. The van der Waals surface area contributed by atoms with Gasteiger partial charge in [0, 0.05) is 50.9 Å². The van der Waals surface area contributed by atoms with Crippen LogP contribution < -0.4 is 15.5 Å². The van der Waals surface area contributed by atoms with E-state index in [2.05, 4.69) is 15.6 Å². The van der Waals surface area contributed by atoms with E-state index in [9.17, 15) is 14.9 Å². The summed E-state index contributed by atoms with van der Waals surface area (Å²) in [5, 5.41) is 17.3. The van der Waals surface area contributed by atoms with Gasteiger partial charge in [-0.1, -0.05) is 24.3 Å². The normalized spacial score (nSPS) is 13.6.